The maximum absolute atomic E-state index is 6.14. The lowest BCUT2D eigenvalue weighted by Gasteiger charge is -2.16. The van der Waals surface area contributed by atoms with Crippen molar-refractivity contribution in [2.24, 2.45) is 0 Å². The quantitative estimate of drug-likeness (QED) is 0.414. The first-order valence-electron chi connectivity index (χ1n) is 9.08. The third-order valence-corrected chi connectivity index (χ3v) is 4.98. The van der Waals surface area contributed by atoms with E-state index in [1.165, 1.54) is 5.56 Å². The molecule has 5 heteroatoms. The Labute approximate surface area is 167 Å². The van der Waals surface area contributed by atoms with Crippen molar-refractivity contribution in [2.45, 2.75) is 6.54 Å². The summed E-state index contributed by atoms with van der Waals surface area (Å²) in [7, 11) is 0. The van der Waals surface area contributed by atoms with Gasteiger partial charge in [0.2, 0.25) is 0 Å². The molecule has 28 heavy (non-hydrogen) atoms. The van der Waals surface area contributed by atoms with Crippen LogP contribution in [0.4, 0.5) is 11.5 Å². The minimum Gasteiger partial charge on any atom is -0.340 e. The third-order valence-electron chi connectivity index (χ3n) is 4.74. The van der Waals surface area contributed by atoms with E-state index in [-0.39, 0.29) is 0 Å². The van der Waals surface area contributed by atoms with E-state index in [2.05, 4.69) is 28.1 Å². The van der Waals surface area contributed by atoms with Gasteiger partial charge in [0.05, 0.1) is 24.0 Å². The van der Waals surface area contributed by atoms with Crippen LogP contribution in [0.3, 0.4) is 0 Å². The van der Waals surface area contributed by atoms with Crippen LogP contribution in [0.5, 0.6) is 0 Å². The summed E-state index contributed by atoms with van der Waals surface area (Å²) in [5, 5.41) is 5.17. The van der Waals surface area contributed by atoms with Gasteiger partial charge in [0, 0.05) is 16.1 Å². The molecule has 0 saturated carbocycles. The molecule has 4 nitrogen and oxygen atoms in total. The lowest BCUT2D eigenvalue weighted by Crippen LogP contribution is -2.09. The monoisotopic (exact) mass is 384 g/mol. The molecule has 0 atom stereocenters. The summed E-state index contributed by atoms with van der Waals surface area (Å²) in [5.74, 6) is 1.68. The molecule has 136 valence electrons. The fourth-order valence-electron chi connectivity index (χ4n) is 3.45. The number of rotatable bonds is 4. The Bertz CT molecular complexity index is 1230. The maximum Gasteiger partial charge on any atom is 0.146 e. The van der Waals surface area contributed by atoms with Gasteiger partial charge >= 0.3 is 0 Å². The van der Waals surface area contributed by atoms with Gasteiger partial charge in [-0.15, -0.1) is 0 Å². The lowest BCUT2D eigenvalue weighted by molar-refractivity contribution is 0.764. The molecule has 0 amide bonds. The summed E-state index contributed by atoms with van der Waals surface area (Å²) in [6.45, 7) is 0.713. The van der Waals surface area contributed by atoms with Crippen LogP contribution >= 0.6 is 11.6 Å². The van der Waals surface area contributed by atoms with E-state index < -0.39 is 0 Å². The van der Waals surface area contributed by atoms with Crippen molar-refractivity contribution >= 4 is 34.0 Å². The van der Waals surface area contributed by atoms with Gasteiger partial charge in [0.15, 0.2) is 0 Å². The summed E-state index contributed by atoms with van der Waals surface area (Å²) >= 11 is 6.14. The molecule has 2 heterocycles. The zero-order valence-electron chi connectivity index (χ0n) is 15.0. The summed E-state index contributed by atoms with van der Waals surface area (Å²) < 4.78 is 2.09. The Hall–Kier alpha value is -3.37. The number of nitrogens with one attached hydrogen (secondary N) is 1. The summed E-state index contributed by atoms with van der Waals surface area (Å²) in [6.07, 6.45) is 1.84. The lowest BCUT2D eigenvalue weighted by atomic mass is 10.1. The van der Waals surface area contributed by atoms with Crippen LogP contribution in [-0.2, 0) is 6.54 Å². The van der Waals surface area contributed by atoms with Crippen molar-refractivity contribution in [3.8, 4) is 11.4 Å². The minimum atomic E-state index is 0.682. The molecule has 0 fully saturated rings. The van der Waals surface area contributed by atoms with Crippen LogP contribution in [0, 0.1) is 0 Å². The largest absolute Gasteiger partial charge is 0.340 e. The molecule has 3 aromatic carbocycles. The molecule has 1 N–H and O–H groups in total. The standard InChI is InChI=1S/C23H17ClN4/c24-17-9-6-10-18(13-17)26-22-21-19-11-4-5-12-20(19)27-23(21)28(15-25-22)14-16-7-2-1-3-8-16/h1-13,15,26H,14H2. The first-order chi connectivity index (χ1) is 13.8. The van der Waals surface area contributed by atoms with Gasteiger partial charge in [-0.05, 0) is 29.8 Å². The second-order valence-corrected chi connectivity index (χ2v) is 7.11. The average Bonchev–Trinajstić information content (AvgIpc) is 3.11. The number of hydrogen-bond acceptors (Lipinski definition) is 3. The van der Waals surface area contributed by atoms with E-state index in [0.717, 1.165) is 33.8 Å². The van der Waals surface area contributed by atoms with Crippen LogP contribution in [0.2, 0.25) is 5.02 Å². The van der Waals surface area contributed by atoms with Crippen LogP contribution < -0.4 is 5.32 Å². The summed E-state index contributed by atoms with van der Waals surface area (Å²) in [5.41, 5.74) is 4.07. The van der Waals surface area contributed by atoms with Crippen molar-refractivity contribution in [3.63, 3.8) is 0 Å². The molecule has 0 unspecified atom stereocenters. The van der Waals surface area contributed by atoms with Crippen molar-refractivity contribution in [2.75, 3.05) is 5.32 Å². The zero-order chi connectivity index (χ0) is 18.9. The molecule has 5 rings (SSSR count). The second-order valence-electron chi connectivity index (χ2n) is 6.67. The zero-order valence-corrected chi connectivity index (χ0v) is 15.8. The Morgan fingerprint density at radius 2 is 1.71 bits per heavy atom. The Balaban J connectivity index is 1.65. The number of hydrogen-bond donors (Lipinski definition) is 1. The molecule has 2 aliphatic heterocycles. The number of anilines is 2. The van der Waals surface area contributed by atoms with Crippen LogP contribution in [-0.4, -0.2) is 14.5 Å². The molecule has 0 radical (unpaired) electrons. The van der Waals surface area contributed by atoms with Crippen molar-refractivity contribution in [3.05, 3.63) is 95.8 Å². The van der Waals surface area contributed by atoms with Gasteiger partial charge in [-0.3, -0.25) is 0 Å². The van der Waals surface area contributed by atoms with E-state index in [4.69, 9.17) is 21.6 Å². The van der Waals surface area contributed by atoms with E-state index in [1.54, 1.807) is 0 Å². The highest BCUT2D eigenvalue weighted by atomic mass is 35.5. The van der Waals surface area contributed by atoms with E-state index in [0.29, 0.717) is 11.6 Å². The first-order valence-corrected chi connectivity index (χ1v) is 9.46. The van der Waals surface area contributed by atoms with Crippen LogP contribution in [0.1, 0.15) is 5.56 Å². The summed E-state index contributed by atoms with van der Waals surface area (Å²) in [4.78, 5) is 9.61. The highest BCUT2D eigenvalue weighted by Crippen LogP contribution is 2.37. The Morgan fingerprint density at radius 1 is 0.893 bits per heavy atom. The SMILES string of the molecule is Clc1cccc(Nc2ncn(Cc3ccccc3)c3nc4ccccc4c2-3)c1. The number of aromatic nitrogens is 3. The van der Waals surface area contributed by atoms with Gasteiger partial charge in [0.25, 0.3) is 0 Å². The van der Waals surface area contributed by atoms with E-state index in [9.17, 15) is 0 Å². The predicted molar refractivity (Wildman–Crippen MR) is 114 cm³/mol. The number of fused-ring (bicyclic) bond motifs is 3. The van der Waals surface area contributed by atoms with E-state index in [1.807, 2.05) is 67.0 Å². The van der Waals surface area contributed by atoms with Crippen molar-refractivity contribution in [1.82, 2.24) is 14.5 Å². The van der Waals surface area contributed by atoms with Crippen LogP contribution in [0.15, 0.2) is 85.2 Å². The number of para-hydroxylation sites is 1. The molecule has 0 spiro atoms. The minimum absolute atomic E-state index is 0.682. The smallest absolute Gasteiger partial charge is 0.146 e. The Kier molecular flexibility index (Phi) is 4.18. The second kappa shape index (κ2) is 6.98. The first kappa shape index (κ1) is 16.8. The van der Waals surface area contributed by atoms with Gasteiger partial charge in [-0.2, -0.15) is 0 Å². The van der Waals surface area contributed by atoms with Gasteiger partial charge < -0.3 is 9.88 Å². The highest BCUT2D eigenvalue weighted by molar-refractivity contribution is 6.30. The van der Waals surface area contributed by atoms with Gasteiger partial charge in [-0.25, -0.2) is 9.97 Å². The molecular weight excluding hydrogens is 368 g/mol. The number of benzene rings is 3. The van der Waals surface area contributed by atoms with Gasteiger partial charge in [-0.1, -0.05) is 66.2 Å². The number of nitrogens with zero attached hydrogens (tertiary/aromatic N) is 3. The fourth-order valence-corrected chi connectivity index (χ4v) is 3.64. The Morgan fingerprint density at radius 3 is 2.57 bits per heavy atom. The maximum atomic E-state index is 6.14. The van der Waals surface area contributed by atoms with Crippen molar-refractivity contribution in [1.29, 1.82) is 0 Å². The predicted octanol–water partition coefficient (Wildman–Crippen LogP) is 5.98. The normalized spacial score (nSPS) is 11.2. The van der Waals surface area contributed by atoms with Crippen molar-refractivity contribution < 1.29 is 0 Å². The average molecular weight is 385 g/mol. The molecule has 0 saturated heterocycles. The molecule has 2 aliphatic rings. The molecule has 0 aromatic heterocycles. The molecule has 0 aliphatic carbocycles. The molecular formula is C23H17ClN4. The fraction of sp³-hybridized carbons (Fsp3) is 0.0435. The topological polar surface area (TPSA) is 42.7 Å². The van der Waals surface area contributed by atoms with Gasteiger partial charge in [0.1, 0.15) is 11.6 Å². The highest BCUT2D eigenvalue weighted by Gasteiger charge is 2.20. The van der Waals surface area contributed by atoms with Crippen LogP contribution in [0.25, 0.3) is 22.3 Å². The summed E-state index contributed by atoms with van der Waals surface area (Å²) in [6, 6.07) is 26.1. The van der Waals surface area contributed by atoms with E-state index >= 15 is 0 Å². The molecule has 3 aromatic rings. The molecule has 0 bridgehead atoms. The third kappa shape index (κ3) is 3.08. The number of halogens is 1.